The van der Waals surface area contributed by atoms with Crippen LogP contribution in [0.25, 0.3) is 0 Å². The summed E-state index contributed by atoms with van der Waals surface area (Å²) in [7, 11) is 0. The van der Waals surface area contributed by atoms with Crippen LogP contribution in [0.4, 0.5) is 0 Å². The van der Waals surface area contributed by atoms with Crippen molar-refractivity contribution in [2.24, 2.45) is 5.16 Å². The van der Waals surface area contributed by atoms with Crippen molar-refractivity contribution in [1.29, 1.82) is 0 Å². The number of hydrogen-bond donors (Lipinski definition) is 2. The molecule has 2 amide bonds. The number of oxime groups is 1. The van der Waals surface area contributed by atoms with Crippen LogP contribution in [0.5, 0.6) is 0 Å². The third-order valence-corrected chi connectivity index (χ3v) is 6.24. The van der Waals surface area contributed by atoms with E-state index in [9.17, 15) is 24.3 Å². The van der Waals surface area contributed by atoms with Gasteiger partial charge in [0.05, 0.1) is 12.5 Å². The highest BCUT2D eigenvalue weighted by Crippen LogP contribution is 2.40. The van der Waals surface area contributed by atoms with Crippen LogP contribution >= 0.6 is 11.8 Å². The molecule has 1 fully saturated rings. The van der Waals surface area contributed by atoms with Crippen LogP contribution in [0, 0.1) is 0 Å². The monoisotopic (exact) mass is 489 g/mol. The number of carbonyl (C=O) groups is 4. The Morgan fingerprint density at radius 1 is 1.24 bits per heavy atom. The maximum absolute atomic E-state index is 12.9. The number of ether oxygens (including phenoxy) is 1. The van der Waals surface area contributed by atoms with E-state index < -0.39 is 35.2 Å². The van der Waals surface area contributed by atoms with Crippen LogP contribution in [0.2, 0.25) is 0 Å². The Labute approximate surface area is 196 Å². The Bertz CT molecular complexity index is 1150. The molecule has 2 aliphatic heterocycles. The first-order valence-electron chi connectivity index (χ1n) is 9.97. The van der Waals surface area contributed by atoms with Crippen molar-refractivity contribution in [2.45, 2.75) is 24.9 Å². The van der Waals surface area contributed by atoms with Gasteiger partial charge in [0.2, 0.25) is 5.71 Å². The van der Waals surface area contributed by atoms with E-state index in [0.717, 1.165) is 4.90 Å². The number of nitrogens with one attached hydrogen (secondary N) is 1. The number of amides is 2. The molecular weight excluding hydrogens is 470 g/mol. The van der Waals surface area contributed by atoms with E-state index in [1.54, 1.807) is 18.2 Å². The maximum Gasteiger partial charge on any atom is 0.352 e. The van der Waals surface area contributed by atoms with Gasteiger partial charge in [-0.2, -0.15) is 0 Å². The SMILES string of the molecule is CC(=O)OCC1=C(C(=O)O)N2C(=O)[C@@H](NC(=O)C(=NOCc3ccco3)c3ccco3)[C@H]2SC1. The summed E-state index contributed by atoms with van der Waals surface area (Å²) < 4.78 is 15.3. The van der Waals surface area contributed by atoms with Crippen molar-refractivity contribution in [2.75, 3.05) is 12.4 Å². The van der Waals surface area contributed by atoms with Crippen molar-refractivity contribution < 1.29 is 42.7 Å². The number of thioether (sulfide) groups is 1. The predicted molar refractivity (Wildman–Crippen MR) is 115 cm³/mol. The fourth-order valence-corrected chi connectivity index (χ4v) is 4.69. The molecule has 2 atom stereocenters. The van der Waals surface area contributed by atoms with Gasteiger partial charge >= 0.3 is 11.9 Å². The molecule has 34 heavy (non-hydrogen) atoms. The first-order chi connectivity index (χ1) is 16.4. The molecule has 0 spiro atoms. The number of carboxylic acids is 1. The van der Waals surface area contributed by atoms with Crippen molar-refractivity contribution in [1.82, 2.24) is 10.2 Å². The summed E-state index contributed by atoms with van der Waals surface area (Å²) in [4.78, 5) is 54.9. The molecule has 0 aromatic carbocycles. The van der Waals surface area contributed by atoms with Gasteiger partial charge in [-0.1, -0.05) is 5.16 Å². The average molecular weight is 489 g/mol. The maximum atomic E-state index is 12.9. The van der Waals surface area contributed by atoms with Gasteiger partial charge < -0.3 is 28.8 Å². The van der Waals surface area contributed by atoms with Crippen LogP contribution in [0.1, 0.15) is 18.4 Å². The molecule has 178 valence electrons. The van der Waals surface area contributed by atoms with E-state index in [1.165, 1.54) is 37.3 Å². The van der Waals surface area contributed by atoms with E-state index in [-0.39, 0.29) is 36.1 Å². The van der Waals surface area contributed by atoms with Gasteiger partial charge in [-0.15, -0.1) is 11.8 Å². The lowest BCUT2D eigenvalue weighted by atomic mass is 10.0. The number of carbonyl (C=O) groups excluding carboxylic acids is 3. The van der Waals surface area contributed by atoms with Crippen molar-refractivity contribution >= 4 is 41.2 Å². The quantitative estimate of drug-likeness (QED) is 0.226. The summed E-state index contributed by atoms with van der Waals surface area (Å²) in [6, 6.07) is 5.42. The van der Waals surface area contributed by atoms with Crippen LogP contribution in [-0.4, -0.2) is 63.2 Å². The number of aliphatic carboxylic acids is 1. The lowest BCUT2D eigenvalue weighted by Gasteiger charge is -2.49. The molecule has 0 saturated carbocycles. The highest BCUT2D eigenvalue weighted by atomic mass is 32.2. The number of furan rings is 2. The molecular formula is C21H19N3O9S. The largest absolute Gasteiger partial charge is 0.477 e. The zero-order valence-electron chi connectivity index (χ0n) is 17.8. The van der Waals surface area contributed by atoms with Gasteiger partial charge in [-0.3, -0.25) is 19.3 Å². The lowest BCUT2D eigenvalue weighted by Crippen LogP contribution is -2.71. The second kappa shape index (κ2) is 9.87. The van der Waals surface area contributed by atoms with E-state index in [0.29, 0.717) is 11.3 Å². The second-order valence-corrected chi connectivity index (χ2v) is 8.27. The number of β-lactam (4-membered cyclic amide) rings is 1. The Morgan fingerprint density at radius 3 is 2.65 bits per heavy atom. The smallest absolute Gasteiger partial charge is 0.352 e. The molecule has 4 rings (SSSR count). The van der Waals surface area contributed by atoms with Crippen molar-refractivity contribution in [3.63, 3.8) is 0 Å². The Morgan fingerprint density at radius 2 is 2.00 bits per heavy atom. The summed E-state index contributed by atoms with van der Waals surface area (Å²) in [5.74, 6) is -2.42. The van der Waals surface area contributed by atoms with E-state index in [4.69, 9.17) is 18.4 Å². The fraction of sp³-hybridized carbons (Fsp3) is 0.286. The molecule has 1 saturated heterocycles. The van der Waals surface area contributed by atoms with E-state index >= 15 is 0 Å². The number of nitrogens with zero attached hydrogens (tertiary/aromatic N) is 2. The summed E-state index contributed by atoms with van der Waals surface area (Å²) in [6.07, 6.45) is 2.82. The number of hydrogen-bond acceptors (Lipinski definition) is 10. The Balaban J connectivity index is 1.48. The molecule has 2 aromatic rings. The van der Waals surface area contributed by atoms with Gasteiger partial charge in [0.25, 0.3) is 11.8 Å². The van der Waals surface area contributed by atoms with Gasteiger partial charge in [-0.25, -0.2) is 4.79 Å². The molecule has 0 aliphatic carbocycles. The molecule has 0 unspecified atom stereocenters. The highest BCUT2D eigenvalue weighted by molar-refractivity contribution is 8.00. The van der Waals surface area contributed by atoms with Gasteiger partial charge in [0, 0.05) is 18.2 Å². The number of esters is 1. The minimum absolute atomic E-state index is 0.0308. The first-order valence-corrected chi connectivity index (χ1v) is 11.0. The summed E-state index contributed by atoms with van der Waals surface area (Å²) in [5.41, 5.74) is -0.151. The summed E-state index contributed by atoms with van der Waals surface area (Å²) in [6.45, 7) is 0.938. The molecule has 2 N–H and O–H groups in total. The molecule has 12 nitrogen and oxygen atoms in total. The van der Waals surface area contributed by atoms with Crippen LogP contribution in [0.15, 0.2) is 62.1 Å². The zero-order valence-corrected chi connectivity index (χ0v) is 18.6. The molecule has 0 radical (unpaired) electrons. The minimum Gasteiger partial charge on any atom is -0.477 e. The van der Waals surface area contributed by atoms with Crippen LogP contribution in [0.3, 0.4) is 0 Å². The molecule has 0 bridgehead atoms. The molecule has 2 aliphatic rings. The number of carboxylic acid groups (broad SMARTS) is 1. The average Bonchev–Trinajstić information content (AvgIpc) is 3.52. The normalized spacial score (nSPS) is 19.9. The third kappa shape index (κ3) is 4.69. The zero-order chi connectivity index (χ0) is 24.2. The van der Waals surface area contributed by atoms with Gasteiger partial charge in [-0.05, 0) is 24.3 Å². The Hall–Kier alpha value is -4.00. The summed E-state index contributed by atoms with van der Waals surface area (Å²) in [5, 5.41) is 15.4. The minimum atomic E-state index is -1.32. The highest BCUT2D eigenvalue weighted by Gasteiger charge is 2.54. The number of rotatable bonds is 9. The summed E-state index contributed by atoms with van der Waals surface area (Å²) >= 11 is 1.24. The first kappa shape index (κ1) is 23.2. The standard InChI is InChI=1S/C21H19N3O9S/c1-11(25)32-8-12-10-34-20-16(19(27)24(20)17(12)21(28)29)22-18(26)15(14-5-3-7-31-14)23-33-9-13-4-2-6-30-13/h2-7,16,20H,8-10H2,1H3,(H,22,26)(H,28,29)/t16-,20-/m1/s1. The van der Waals surface area contributed by atoms with E-state index in [2.05, 4.69) is 10.5 Å². The molecule has 4 heterocycles. The lowest BCUT2D eigenvalue weighted by molar-refractivity contribution is -0.150. The Kier molecular flexibility index (Phi) is 6.72. The number of fused-ring (bicyclic) bond motifs is 1. The van der Waals surface area contributed by atoms with E-state index in [1.807, 2.05) is 0 Å². The fourth-order valence-electron chi connectivity index (χ4n) is 3.36. The molecule has 2 aromatic heterocycles. The third-order valence-electron chi connectivity index (χ3n) is 4.90. The second-order valence-electron chi connectivity index (χ2n) is 7.17. The van der Waals surface area contributed by atoms with Crippen LogP contribution in [-0.2, 0) is 35.4 Å². The van der Waals surface area contributed by atoms with Crippen LogP contribution < -0.4 is 5.32 Å². The van der Waals surface area contributed by atoms with Crippen molar-refractivity contribution in [3.05, 3.63) is 59.6 Å². The molecule has 13 heteroatoms. The predicted octanol–water partition coefficient (Wildman–Crippen LogP) is 1.10. The van der Waals surface area contributed by atoms with Gasteiger partial charge in [0.1, 0.15) is 29.5 Å². The van der Waals surface area contributed by atoms with Crippen molar-refractivity contribution in [3.8, 4) is 0 Å². The topological polar surface area (TPSA) is 161 Å². The van der Waals surface area contributed by atoms with Gasteiger partial charge in [0.15, 0.2) is 12.4 Å².